The van der Waals surface area contributed by atoms with Crippen molar-refractivity contribution in [3.05, 3.63) is 0 Å². The molecule has 0 spiro atoms. The second kappa shape index (κ2) is 5.47. The topological polar surface area (TPSA) is 26.3 Å². The second-order valence-corrected chi connectivity index (χ2v) is 11.1. The molecule has 0 aromatic carbocycles. The zero-order valence-electron chi connectivity index (χ0n) is 15.6. The Labute approximate surface area is 139 Å². The van der Waals surface area contributed by atoms with Crippen molar-refractivity contribution in [3.8, 4) is 0 Å². The predicted molar refractivity (Wildman–Crippen MR) is 95.9 cm³/mol. The Balaban J connectivity index is 2.07. The fourth-order valence-corrected chi connectivity index (χ4v) is 5.65. The van der Waals surface area contributed by atoms with Crippen molar-refractivity contribution in [1.29, 1.82) is 0 Å². The highest BCUT2D eigenvalue weighted by atomic mass is 31.0. The van der Waals surface area contributed by atoms with Crippen molar-refractivity contribution in [2.24, 2.45) is 22.2 Å². The highest BCUT2D eigenvalue weighted by molar-refractivity contribution is 7.20. The van der Waals surface area contributed by atoms with E-state index in [9.17, 15) is 4.79 Å². The fraction of sp³-hybridized carbons (Fsp3) is 0.947. The summed E-state index contributed by atoms with van der Waals surface area (Å²) in [5, 5.41) is -0.482. The summed E-state index contributed by atoms with van der Waals surface area (Å²) in [6, 6.07) is 0. The third-order valence-corrected chi connectivity index (χ3v) is 6.91. The molecule has 2 aliphatic carbocycles. The number of ether oxygens (including phenoxy) is 1. The third kappa shape index (κ3) is 2.85. The molecule has 0 saturated heterocycles. The minimum atomic E-state index is -0.482. The highest BCUT2D eigenvalue weighted by Crippen LogP contribution is 2.70. The molecular weight excluding hydrogens is 291 g/mol. The molecular formula is C19H35O2P. The molecule has 5 atom stereocenters. The van der Waals surface area contributed by atoms with E-state index < -0.39 is 5.16 Å². The van der Waals surface area contributed by atoms with Crippen LogP contribution < -0.4 is 0 Å². The lowest BCUT2D eigenvalue weighted by Gasteiger charge is -2.69. The van der Waals surface area contributed by atoms with E-state index in [4.69, 9.17) is 4.74 Å². The second-order valence-electron chi connectivity index (χ2n) is 9.80. The summed E-state index contributed by atoms with van der Waals surface area (Å²) < 4.78 is 6.06. The molecule has 5 unspecified atom stereocenters. The van der Waals surface area contributed by atoms with E-state index in [1.807, 2.05) is 6.92 Å². The molecule has 0 bridgehead atoms. The van der Waals surface area contributed by atoms with Crippen LogP contribution in [0.25, 0.3) is 0 Å². The zero-order valence-corrected chi connectivity index (χ0v) is 16.7. The number of esters is 1. The maximum atomic E-state index is 12.7. The minimum absolute atomic E-state index is 0.0333. The molecule has 0 heterocycles. The number of rotatable bonds is 5. The van der Waals surface area contributed by atoms with Crippen molar-refractivity contribution < 1.29 is 9.53 Å². The molecule has 2 saturated carbocycles. The average Bonchev–Trinajstić information content (AvgIpc) is 2.31. The van der Waals surface area contributed by atoms with Crippen LogP contribution in [-0.2, 0) is 9.53 Å². The molecule has 2 aliphatic rings. The minimum Gasteiger partial charge on any atom is -0.461 e. The summed E-state index contributed by atoms with van der Waals surface area (Å²) >= 11 is 0. The lowest BCUT2D eigenvalue weighted by atomic mass is 9.37. The van der Waals surface area contributed by atoms with Crippen LogP contribution in [0.15, 0.2) is 0 Å². The molecule has 3 heteroatoms. The van der Waals surface area contributed by atoms with Gasteiger partial charge in [0, 0.05) is 5.41 Å². The zero-order chi connectivity index (χ0) is 17.0. The van der Waals surface area contributed by atoms with Crippen LogP contribution in [0, 0.1) is 22.2 Å². The molecule has 0 amide bonds. The number of carbonyl (C=O) groups excluding carboxylic acids is 1. The van der Waals surface area contributed by atoms with E-state index in [2.05, 4.69) is 50.8 Å². The van der Waals surface area contributed by atoms with E-state index in [1.165, 1.54) is 12.8 Å². The van der Waals surface area contributed by atoms with Crippen molar-refractivity contribution in [3.63, 3.8) is 0 Å². The van der Waals surface area contributed by atoms with E-state index in [1.54, 1.807) is 0 Å². The van der Waals surface area contributed by atoms with Crippen LogP contribution in [0.4, 0.5) is 0 Å². The quantitative estimate of drug-likeness (QED) is 0.512. The summed E-state index contributed by atoms with van der Waals surface area (Å²) in [6.45, 7) is 15.5. The Morgan fingerprint density at radius 3 is 2.18 bits per heavy atom. The monoisotopic (exact) mass is 326 g/mol. The van der Waals surface area contributed by atoms with Gasteiger partial charge in [-0.3, -0.25) is 4.79 Å². The van der Waals surface area contributed by atoms with Crippen molar-refractivity contribution in [2.45, 2.75) is 91.8 Å². The molecule has 0 aromatic heterocycles. The van der Waals surface area contributed by atoms with Gasteiger partial charge in [0.1, 0.15) is 6.10 Å². The molecule has 0 aliphatic heterocycles. The maximum absolute atomic E-state index is 12.7. The lowest BCUT2D eigenvalue weighted by Crippen LogP contribution is -2.68. The first kappa shape index (κ1) is 18.2. The lowest BCUT2D eigenvalue weighted by molar-refractivity contribution is -0.261. The van der Waals surface area contributed by atoms with Gasteiger partial charge in [-0.1, -0.05) is 48.0 Å². The van der Waals surface area contributed by atoms with Gasteiger partial charge in [-0.05, 0) is 49.4 Å². The van der Waals surface area contributed by atoms with E-state index >= 15 is 0 Å². The number of hydrogen-bond acceptors (Lipinski definition) is 2. The van der Waals surface area contributed by atoms with Crippen LogP contribution in [0.3, 0.4) is 0 Å². The highest BCUT2D eigenvalue weighted by Gasteiger charge is 2.68. The number of carbonyl (C=O) groups is 1. The molecule has 0 aromatic rings. The summed E-state index contributed by atoms with van der Waals surface area (Å²) in [7, 11) is 2.74. The van der Waals surface area contributed by atoms with Gasteiger partial charge in [0.2, 0.25) is 0 Å². The van der Waals surface area contributed by atoms with Crippen LogP contribution in [0.1, 0.15) is 80.6 Å². The fourth-order valence-electron chi connectivity index (χ4n) is 4.97. The summed E-state index contributed by atoms with van der Waals surface area (Å²) in [6.07, 6.45) is 5.72. The summed E-state index contributed by atoms with van der Waals surface area (Å²) in [4.78, 5) is 12.7. The first-order chi connectivity index (χ1) is 9.86. The van der Waals surface area contributed by atoms with Crippen molar-refractivity contribution >= 4 is 15.2 Å². The van der Waals surface area contributed by atoms with Gasteiger partial charge in [0.05, 0.1) is 5.16 Å². The molecule has 2 rings (SSSR count). The first-order valence-corrected chi connectivity index (χ1v) is 9.43. The van der Waals surface area contributed by atoms with Gasteiger partial charge in [-0.15, -0.1) is 9.24 Å². The molecule has 0 radical (unpaired) electrons. The molecule has 0 N–H and O–H groups in total. The molecule has 2 nitrogen and oxygen atoms in total. The van der Waals surface area contributed by atoms with E-state index in [0.29, 0.717) is 0 Å². The smallest absolute Gasteiger partial charge is 0.315 e. The Morgan fingerprint density at radius 2 is 1.82 bits per heavy atom. The molecule has 22 heavy (non-hydrogen) atoms. The number of fused-ring (bicyclic) bond motifs is 1. The Hall–Kier alpha value is -0.100. The van der Waals surface area contributed by atoms with Crippen molar-refractivity contribution in [2.75, 3.05) is 0 Å². The van der Waals surface area contributed by atoms with Crippen LogP contribution in [0.5, 0.6) is 0 Å². The maximum Gasteiger partial charge on any atom is 0.315 e. The normalized spacial score (nSPS) is 34.0. The van der Waals surface area contributed by atoms with Crippen molar-refractivity contribution in [1.82, 2.24) is 0 Å². The summed E-state index contributed by atoms with van der Waals surface area (Å²) in [5.74, 6) is 0.743. The van der Waals surface area contributed by atoms with Gasteiger partial charge < -0.3 is 4.74 Å². The third-order valence-electron chi connectivity index (χ3n) is 6.47. The Kier molecular flexibility index (Phi) is 4.54. The largest absolute Gasteiger partial charge is 0.461 e. The Bertz CT molecular complexity index is 447. The molecule has 128 valence electrons. The average molecular weight is 326 g/mol. The summed E-state index contributed by atoms with van der Waals surface area (Å²) in [5.41, 5.74) is 0.634. The predicted octanol–water partition coefficient (Wildman–Crippen LogP) is 5.20. The van der Waals surface area contributed by atoms with Crippen LogP contribution in [0.2, 0.25) is 0 Å². The SMILES string of the molecule is CCC(C)(C)C12CCC1CC2OC(=O)C(C)(P)CC(C)(C)C. The van der Waals surface area contributed by atoms with Crippen LogP contribution >= 0.6 is 9.24 Å². The molecule has 2 fully saturated rings. The standard InChI is InChI=1S/C19H35O2P/c1-8-17(5,6)19-10-9-13(19)11-14(19)21-15(20)18(7,22)12-16(2,3)4/h13-14H,8-12,22H2,1-7H3. The number of hydrogen-bond donors (Lipinski definition) is 0. The van der Waals surface area contributed by atoms with E-state index in [-0.39, 0.29) is 28.3 Å². The van der Waals surface area contributed by atoms with Gasteiger partial charge in [0.15, 0.2) is 0 Å². The van der Waals surface area contributed by atoms with Gasteiger partial charge in [-0.2, -0.15) is 0 Å². The Morgan fingerprint density at radius 1 is 1.23 bits per heavy atom. The first-order valence-electron chi connectivity index (χ1n) is 8.86. The van der Waals surface area contributed by atoms with Crippen LogP contribution in [-0.4, -0.2) is 17.2 Å². The van der Waals surface area contributed by atoms with Gasteiger partial charge in [-0.25, -0.2) is 0 Å². The van der Waals surface area contributed by atoms with Gasteiger partial charge in [0.25, 0.3) is 0 Å². The van der Waals surface area contributed by atoms with E-state index in [0.717, 1.165) is 25.2 Å². The van der Waals surface area contributed by atoms with Gasteiger partial charge >= 0.3 is 5.97 Å².